The van der Waals surface area contributed by atoms with E-state index in [-0.39, 0.29) is 0 Å². The fourth-order valence-electron chi connectivity index (χ4n) is 5.59. The van der Waals surface area contributed by atoms with Crippen molar-refractivity contribution < 1.29 is 6.11 Å². The number of benzene rings is 6. The van der Waals surface area contributed by atoms with Gasteiger partial charge in [0.15, 0.2) is 5.82 Å². The van der Waals surface area contributed by atoms with E-state index in [1.54, 1.807) is 12.1 Å². The highest BCUT2D eigenvalue weighted by Crippen LogP contribution is 2.47. The van der Waals surface area contributed by atoms with Gasteiger partial charge in [-0.1, -0.05) is 121 Å². The second-order valence-electron chi connectivity index (χ2n) is 10.2. The minimum atomic E-state index is 0.474. The van der Waals surface area contributed by atoms with Gasteiger partial charge < -0.3 is 4.74 Å². The first-order valence-corrected chi connectivity index (χ1v) is 13.7. The topological polar surface area (TPSA) is 35.0 Å². The Kier molecular flexibility index (Phi) is 5.21. The summed E-state index contributed by atoms with van der Waals surface area (Å²) < 4.78 is 14.2. The molecule has 41 heavy (non-hydrogen) atoms. The molecule has 7 aromatic rings. The fraction of sp³-hybridized carbons (Fsp3) is 0. The predicted molar refractivity (Wildman–Crippen MR) is 167 cm³/mol. The van der Waals surface area contributed by atoms with Crippen molar-refractivity contribution in [2.75, 3.05) is 0 Å². The zero-order valence-corrected chi connectivity index (χ0v) is 22.1. The summed E-state index contributed by atoms with van der Waals surface area (Å²) in [5.74, 6) is 2.45. The Hall–Kier alpha value is -5.54. The molecule has 0 saturated heterocycles. The van der Waals surface area contributed by atoms with Crippen LogP contribution in [0.15, 0.2) is 146 Å². The van der Waals surface area contributed by atoms with Crippen LogP contribution in [0.1, 0.15) is 1.37 Å². The van der Waals surface area contributed by atoms with Crippen molar-refractivity contribution >= 4 is 10.8 Å². The van der Waals surface area contributed by atoms with Gasteiger partial charge in [0.05, 0.1) is 12.8 Å². The van der Waals surface area contributed by atoms with Crippen molar-refractivity contribution in [3.63, 3.8) is 0 Å². The van der Waals surface area contributed by atoms with Crippen LogP contribution in [0, 0.1) is 0 Å². The molecule has 2 heterocycles. The first kappa shape index (κ1) is 22.3. The van der Waals surface area contributed by atoms with Crippen LogP contribution in [0.25, 0.3) is 66.9 Å². The highest BCUT2D eigenvalue weighted by molar-refractivity contribution is 6.04. The normalized spacial score (nSPS) is 12.0. The van der Waals surface area contributed by atoms with Crippen LogP contribution in [0.4, 0.5) is 0 Å². The SMILES string of the molecule is [2H]c1ccc(-c2cc(-c3ccc(-c4ccc5c(c4)-c4cccc6cccc(c46)O5)cc3)nc(-c3ccccc3)n2)cc1. The summed E-state index contributed by atoms with van der Waals surface area (Å²) in [6.45, 7) is 0. The number of ether oxygens (including phenoxy) is 1. The van der Waals surface area contributed by atoms with Gasteiger partial charge in [0, 0.05) is 27.6 Å². The summed E-state index contributed by atoms with van der Waals surface area (Å²) >= 11 is 0. The van der Waals surface area contributed by atoms with Crippen LogP contribution >= 0.6 is 0 Å². The predicted octanol–water partition coefficient (Wildman–Crippen LogP) is 10.1. The molecule has 0 radical (unpaired) electrons. The van der Waals surface area contributed by atoms with Gasteiger partial charge in [-0.05, 0) is 46.3 Å². The van der Waals surface area contributed by atoms with Gasteiger partial charge in [-0.15, -0.1) is 0 Å². The van der Waals surface area contributed by atoms with Crippen molar-refractivity contribution in [2.24, 2.45) is 0 Å². The van der Waals surface area contributed by atoms with E-state index in [0.29, 0.717) is 11.9 Å². The van der Waals surface area contributed by atoms with Crippen molar-refractivity contribution in [3.05, 3.63) is 146 Å². The molecule has 1 aliphatic heterocycles. The lowest BCUT2D eigenvalue weighted by Crippen LogP contribution is -1.97. The molecule has 192 valence electrons. The first-order valence-electron chi connectivity index (χ1n) is 14.2. The number of fused-ring (bicyclic) bond motifs is 2. The lowest BCUT2D eigenvalue weighted by Gasteiger charge is -2.22. The monoisotopic (exact) mass is 525 g/mol. The molecule has 0 unspecified atom stereocenters. The fourth-order valence-corrected chi connectivity index (χ4v) is 5.59. The molecule has 0 fully saturated rings. The summed E-state index contributed by atoms with van der Waals surface area (Å²) in [6.07, 6.45) is 0. The molecule has 0 amide bonds. The molecule has 3 heteroatoms. The minimum Gasteiger partial charge on any atom is -0.456 e. The van der Waals surface area contributed by atoms with Crippen LogP contribution in [-0.4, -0.2) is 9.97 Å². The standard InChI is InChI=1S/C38H24N2O/c1-3-9-26(10-4-1)33-24-34(40-38(39-33)29-11-5-2-6-12-29)27-19-17-25(18-20-27)30-21-22-35-32(23-30)31-15-7-13-28-14-8-16-36(41-35)37(28)31/h1-24H/i1D. The Morgan fingerprint density at radius 1 is 0.463 bits per heavy atom. The number of aromatic nitrogens is 2. The first-order chi connectivity index (χ1) is 20.7. The smallest absolute Gasteiger partial charge is 0.160 e. The molecule has 0 atom stereocenters. The minimum absolute atomic E-state index is 0.474. The average molecular weight is 526 g/mol. The molecule has 6 aromatic carbocycles. The highest BCUT2D eigenvalue weighted by atomic mass is 16.5. The van der Waals surface area contributed by atoms with Crippen molar-refractivity contribution in [3.8, 4) is 67.7 Å². The Morgan fingerprint density at radius 3 is 1.90 bits per heavy atom. The average Bonchev–Trinajstić information content (AvgIpc) is 3.05. The van der Waals surface area contributed by atoms with E-state index < -0.39 is 0 Å². The zero-order chi connectivity index (χ0) is 28.0. The molecule has 0 bridgehead atoms. The third kappa shape index (κ3) is 4.16. The van der Waals surface area contributed by atoms with Crippen LogP contribution in [0.2, 0.25) is 0 Å². The van der Waals surface area contributed by atoms with Crippen LogP contribution in [0.3, 0.4) is 0 Å². The molecular weight excluding hydrogens is 500 g/mol. The van der Waals surface area contributed by atoms with Gasteiger partial charge in [-0.3, -0.25) is 0 Å². The van der Waals surface area contributed by atoms with Gasteiger partial charge in [-0.2, -0.15) is 0 Å². The van der Waals surface area contributed by atoms with Gasteiger partial charge in [0.2, 0.25) is 0 Å². The molecular formula is C38H24N2O. The van der Waals surface area contributed by atoms with E-state index >= 15 is 0 Å². The van der Waals surface area contributed by atoms with Gasteiger partial charge in [0.1, 0.15) is 11.5 Å². The number of hydrogen-bond donors (Lipinski definition) is 0. The quantitative estimate of drug-likeness (QED) is 0.229. The molecule has 0 aliphatic carbocycles. The summed E-state index contributed by atoms with van der Waals surface area (Å²) in [6, 6.07) is 47.5. The molecule has 3 nitrogen and oxygen atoms in total. The lowest BCUT2D eigenvalue weighted by molar-refractivity contribution is 0.487. The summed E-state index contributed by atoms with van der Waals surface area (Å²) in [5, 5.41) is 2.34. The Bertz CT molecular complexity index is 2100. The summed E-state index contributed by atoms with van der Waals surface area (Å²) in [5.41, 5.74) is 9.15. The number of rotatable bonds is 4. The maximum absolute atomic E-state index is 7.87. The molecule has 0 saturated carbocycles. The molecule has 0 spiro atoms. The van der Waals surface area contributed by atoms with Crippen molar-refractivity contribution in [2.45, 2.75) is 0 Å². The second kappa shape index (κ2) is 9.58. The maximum Gasteiger partial charge on any atom is 0.160 e. The Morgan fingerprint density at radius 2 is 1.12 bits per heavy atom. The molecule has 8 rings (SSSR count). The Labute approximate surface area is 239 Å². The maximum atomic E-state index is 7.87. The van der Waals surface area contributed by atoms with Gasteiger partial charge in [0.25, 0.3) is 0 Å². The largest absolute Gasteiger partial charge is 0.456 e. The summed E-state index contributed by atoms with van der Waals surface area (Å²) in [4.78, 5) is 9.84. The highest BCUT2D eigenvalue weighted by Gasteiger charge is 2.20. The van der Waals surface area contributed by atoms with Gasteiger partial charge in [-0.25, -0.2) is 9.97 Å². The van der Waals surface area contributed by atoms with E-state index in [1.165, 1.54) is 10.9 Å². The molecule has 1 aliphatic rings. The number of nitrogens with zero attached hydrogens (tertiary/aromatic N) is 2. The van der Waals surface area contributed by atoms with Crippen molar-refractivity contribution in [1.82, 2.24) is 9.97 Å². The summed E-state index contributed by atoms with van der Waals surface area (Å²) in [7, 11) is 0. The van der Waals surface area contributed by atoms with E-state index in [2.05, 4.69) is 66.7 Å². The van der Waals surface area contributed by atoms with E-state index in [1.807, 2.05) is 60.7 Å². The van der Waals surface area contributed by atoms with Gasteiger partial charge >= 0.3 is 0 Å². The number of hydrogen-bond acceptors (Lipinski definition) is 3. The second-order valence-corrected chi connectivity index (χ2v) is 10.2. The van der Waals surface area contributed by atoms with Crippen LogP contribution < -0.4 is 4.74 Å². The van der Waals surface area contributed by atoms with Crippen molar-refractivity contribution in [1.29, 1.82) is 0 Å². The molecule has 0 N–H and O–H groups in total. The van der Waals surface area contributed by atoms with E-state index in [9.17, 15) is 0 Å². The molecule has 1 aromatic heterocycles. The third-order valence-corrected chi connectivity index (χ3v) is 7.64. The van der Waals surface area contributed by atoms with E-state index in [4.69, 9.17) is 16.1 Å². The Balaban J connectivity index is 1.19. The van der Waals surface area contributed by atoms with E-state index in [0.717, 1.165) is 61.7 Å². The zero-order valence-electron chi connectivity index (χ0n) is 23.1. The lowest BCUT2D eigenvalue weighted by atomic mass is 9.92. The third-order valence-electron chi connectivity index (χ3n) is 7.64. The van der Waals surface area contributed by atoms with Crippen LogP contribution in [0.5, 0.6) is 11.5 Å². The van der Waals surface area contributed by atoms with Crippen LogP contribution in [-0.2, 0) is 0 Å².